The van der Waals surface area contributed by atoms with Crippen molar-refractivity contribution in [2.45, 2.75) is 32.4 Å². The van der Waals surface area contributed by atoms with Crippen molar-refractivity contribution in [1.82, 2.24) is 25.1 Å². The van der Waals surface area contributed by atoms with Gasteiger partial charge in [-0.25, -0.2) is 0 Å². The zero-order valence-corrected chi connectivity index (χ0v) is 13.8. The van der Waals surface area contributed by atoms with Crippen molar-refractivity contribution in [2.75, 3.05) is 17.7 Å². The zero-order valence-electron chi connectivity index (χ0n) is 13.8. The van der Waals surface area contributed by atoms with Crippen LogP contribution in [0.3, 0.4) is 0 Å². The summed E-state index contributed by atoms with van der Waals surface area (Å²) >= 11 is 0. The SMILES string of the molecule is COCc1cc(Nc2nc(N[C@H](C)C3CC3)c3cc[nH]c3n2)n[nH]1. The van der Waals surface area contributed by atoms with E-state index in [0.29, 0.717) is 24.4 Å². The van der Waals surface area contributed by atoms with Gasteiger partial charge < -0.3 is 20.4 Å². The summed E-state index contributed by atoms with van der Waals surface area (Å²) in [6.07, 6.45) is 4.45. The molecule has 4 N–H and O–H groups in total. The van der Waals surface area contributed by atoms with Crippen molar-refractivity contribution in [3.8, 4) is 0 Å². The fraction of sp³-hybridized carbons (Fsp3) is 0.438. The van der Waals surface area contributed by atoms with Gasteiger partial charge in [-0.2, -0.15) is 15.1 Å². The van der Waals surface area contributed by atoms with E-state index < -0.39 is 0 Å². The first kappa shape index (κ1) is 14.9. The van der Waals surface area contributed by atoms with E-state index in [-0.39, 0.29) is 0 Å². The Morgan fingerprint density at radius 2 is 2.25 bits per heavy atom. The molecule has 3 aromatic heterocycles. The Morgan fingerprint density at radius 1 is 1.38 bits per heavy atom. The Balaban J connectivity index is 1.59. The Bertz CT molecular complexity index is 836. The van der Waals surface area contributed by atoms with Crippen LogP contribution >= 0.6 is 0 Å². The summed E-state index contributed by atoms with van der Waals surface area (Å²) in [6.45, 7) is 2.69. The largest absolute Gasteiger partial charge is 0.378 e. The quantitative estimate of drug-likeness (QED) is 0.532. The summed E-state index contributed by atoms with van der Waals surface area (Å²) in [5.74, 6) is 2.75. The highest BCUT2D eigenvalue weighted by molar-refractivity contribution is 5.88. The lowest BCUT2D eigenvalue weighted by Gasteiger charge is -2.15. The van der Waals surface area contributed by atoms with Gasteiger partial charge >= 0.3 is 0 Å². The molecular formula is C16H21N7O. The van der Waals surface area contributed by atoms with Gasteiger partial charge in [0.2, 0.25) is 5.95 Å². The molecule has 24 heavy (non-hydrogen) atoms. The molecular weight excluding hydrogens is 306 g/mol. The van der Waals surface area contributed by atoms with Crippen LogP contribution in [0.4, 0.5) is 17.6 Å². The number of hydrogen-bond donors (Lipinski definition) is 4. The Morgan fingerprint density at radius 3 is 3.04 bits per heavy atom. The predicted octanol–water partition coefficient (Wildman–Crippen LogP) is 2.78. The number of anilines is 3. The third-order valence-corrected chi connectivity index (χ3v) is 4.28. The van der Waals surface area contributed by atoms with Gasteiger partial charge in [0.15, 0.2) is 5.82 Å². The monoisotopic (exact) mass is 327 g/mol. The fourth-order valence-corrected chi connectivity index (χ4v) is 2.81. The second-order valence-corrected chi connectivity index (χ2v) is 6.24. The molecule has 8 heteroatoms. The first-order valence-electron chi connectivity index (χ1n) is 8.15. The molecule has 0 spiro atoms. The predicted molar refractivity (Wildman–Crippen MR) is 92.3 cm³/mol. The van der Waals surface area contributed by atoms with Gasteiger partial charge in [0, 0.05) is 25.4 Å². The van der Waals surface area contributed by atoms with Crippen LogP contribution in [0, 0.1) is 5.92 Å². The van der Waals surface area contributed by atoms with Crippen molar-refractivity contribution in [2.24, 2.45) is 5.92 Å². The van der Waals surface area contributed by atoms with Gasteiger partial charge in [-0.3, -0.25) is 5.10 Å². The molecule has 126 valence electrons. The first-order chi connectivity index (χ1) is 11.7. The lowest BCUT2D eigenvalue weighted by atomic mass is 10.2. The number of methoxy groups -OCH3 is 1. The summed E-state index contributed by atoms with van der Waals surface area (Å²) in [7, 11) is 1.65. The van der Waals surface area contributed by atoms with Crippen LogP contribution in [0.2, 0.25) is 0 Å². The highest BCUT2D eigenvalue weighted by Gasteiger charge is 2.28. The summed E-state index contributed by atoms with van der Waals surface area (Å²) in [6, 6.07) is 4.28. The number of fused-ring (bicyclic) bond motifs is 1. The van der Waals surface area contributed by atoms with Crippen molar-refractivity contribution in [3.05, 3.63) is 24.0 Å². The van der Waals surface area contributed by atoms with Crippen LogP contribution in [-0.2, 0) is 11.3 Å². The molecule has 0 aliphatic heterocycles. The van der Waals surface area contributed by atoms with E-state index in [2.05, 4.69) is 42.7 Å². The van der Waals surface area contributed by atoms with Crippen LogP contribution in [-0.4, -0.2) is 38.3 Å². The van der Waals surface area contributed by atoms with E-state index in [9.17, 15) is 0 Å². The molecule has 1 aliphatic carbocycles. The van der Waals surface area contributed by atoms with Gasteiger partial charge in [-0.15, -0.1) is 0 Å². The molecule has 0 unspecified atom stereocenters. The fourth-order valence-electron chi connectivity index (χ4n) is 2.81. The molecule has 0 bridgehead atoms. The molecule has 0 aromatic carbocycles. The number of ether oxygens (including phenoxy) is 1. The van der Waals surface area contributed by atoms with Gasteiger partial charge in [0.25, 0.3) is 0 Å². The number of hydrogen-bond acceptors (Lipinski definition) is 6. The number of rotatable bonds is 7. The van der Waals surface area contributed by atoms with E-state index in [0.717, 1.165) is 28.5 Å². The van der Waals surface area contributed by atoms with Crippen LogP contribution in [0.15, 0.2) is 18.3 Å². The number of H-pyrrole nitrogens is 2. The van der Waals surface area contributed by atoms with E-state index in [4.69, 9.17) is 4.74 Å². The topological polar surface area (TPSA) is 104 Å². The second kappa shape index (κ2) is 6.12. The highest BCUT2D eigenvalue weighted by atomic mass is 16.5. The van der Waals surface area contributed by atoms with E-state index >= 15 is 0 Å². The lowest BCUT2D eigenvalue weighted by Crippen LogP contribution is -2.18. The van der Waals surface area contributed by atoms with Gasteiger partial charge in [-0.05, 0) is 31.7 Å². The smallest absolute Gasteiger partial charge is 0.232 e. The van der Waals surface area contributed by atoms with Crippen molar-refractivity contribution in [3.63, 3.8) is 0 Å². The second-order valence-electron chi connectivity index (χ2n) is 6.24. The van der Waals surface area contributed by atoms with Gasteiger partial charge in [0.05, 0.1) is 17.7 Å². The van der Waals surface area contributed by atoms with Gasteiger partial charge in [0.1, 0.15) is 11.5 Å². The zero-order chi connectivity index (χ0) is 16.5. The molecule has 3 aromatic rings. The van der Waals surface area contributed by atoms with Crippen LogP contribution in [0.25, 0.3) is 11.0 Å². The maximum atomic E-state index is 5.08. The molecule has 0 saturated heterocycles. The van der Waals surface area contributed by atoms with Crippen molar-refractivity contribution in [1.29, 1.82) is 0 Å². The maximum Gasteiger partial charge on any atom is 0.232 e. The third-order valence-electron chi connectivity index (χ3n) is 4.28. The Hall–Kier alpha value is -2.61. The number of nitrogens with zero attached hydrogens (tertiary/aromatic N) is 3. The number of aromatic nitrogens is 5. The first-order valence-corrected chi connectivity index (χ1v) is 8.15. The van der Waals surface area contributed by atoms with Crippen LogP contribution < -0.4 is 10.6 Å². The van der Waals surface area contributed by atoms with Crippen molar-refractivity contribution >= 4 is 28.6 Å². The molecule has 0 amide bonds. The molecule has 0 radical (unpaired) electrons. The third kappa shape index (κ3) is 3.05. The van der Waals surface area contributed by atoms with E-state index in [1.165, 1.54) is 12.8 Å². The van der Waals surface area contributed by atoms with Crippen molar-refractivity contribution < 1.29 is 4.74 Å². The molecule has 1 fully saturated rings. The van der Waals surface area contributed by atoms with Crippen LogP contribution in [0.5, 0.6) is 0 Å². The van der Waals surface area contributed by atoms with E-state index in [1.807, 2.05) is 18.3 Å². The molecule has 3 heterocycles. The minimum absolute atomic E-state index is 0.407. The van der Waals surface area contributed by atoms with E-state index in [1.54, 1.807) is 7.11 Å². The lowest BCUT2D eigenvalue weighted by molar-refractivity contribution is 0.181. The maximum absolute atomic E-state index is 5.08. The molecule has 1 atom stereocenters. The molecule has 8 nitrogen and oxygen atoms in total. The standard InChI is InChI=1S/C16H21N7O/c1-9(10-3-4-10)18-15-12-5-6-17-14(12)20-16(21-15)19-13-7-11(8-24-2)22-23-13/h5-7,9-10H,3-4,8H2,1-2H3,(H4,17,18,19,20,21,22,23)/t9-/m1/s1. The van der Waals surface area contributed by atoms with Gasteiger partial charge in [-0.1, -0.05) is 0 Å². The number of aromatic amines is 2. The summed E-state index contributed by atoms with van der Waals surface area (Å²) in [4.78, 5) is 12.3. The number of nitrogens with one attached hydrogen (secondary N) is 4. The normalized spacial score (nSPS) is 15.6. The van der Waals surface area contributed by atoms with Crippen LogP contribution in [0.1, 0.15) is 25.5 Å². The Kier molecular flexibility index (Phi) is 3.81. The Labute approximate surface area is 139 Å². The molecule has 4 rings (SSSR count). The minimum atomic E-state index is 0.407. The average Bonchev–Trinajstić information content (AvgIpc) is 3.16. The molecule has 1 aliphatic rings. The highest BCUT2D eigenvalue weighted by Crippen LogP contribution is 2.34. The molecule has 1 saturated carbocycles. The summed E-state index contributed by atoms with van der Waals surface area (Å²) < 4.78 is 5.08. The summed E-state index contributed by atoms with van der Waals surface area (Å²) in [5.41, 5.74) is 1.69. The summed E-state index contributed by atoms with van der Waals surface area (Å²) in [5, 5.41) is 14.8. The average molecular weight is 327 g/mol. The minimum Gasteiger partial charge on any atom is -0.378 e.